The summed E-state index contributed by atoms with van der Waals surface area (Å²) in [6, 6.07) is 10.4. The predicted octanol–water partition coefficient (Wildman–Crippen LogP) is -0.795. The Morgan fingerprint density at radius 1 is 0.833 bits per heavy atom. The Morgan fingerprint density at radius 2 is 1.55 bits per heavy atom. The SMILES string of the molecule is COc1ccc(-c2cc(=O)c3c(O)cc(O[C@@H]4O[C@H](CO)[C@@H](O)[C@@H](O)[C@H]4O[C@@H]4O[C@H](C)[C@H](O)[C@@H](O)[C@H]4O)cc3o2)cc1. The maximum atomic E-state index is 12.9. The summed E-state index contributed by atoms with van der Waals surface area (Å²) in [5, 5.41) is 72.1. The monoisotopic (exact) mass is 592 g/mol. The summed E-state index contributed by atoms with van der Waals surface area (Å²) in [5.74, 6) is 0.197. The molecular formula is C28H32O14. The molecule has 2 fully saturated rings. The number of hydrogen-bond acceptors (Lipinski definition) is 14. The van der Waals surface area contributed by atoms with Crippen LogP contribution in [0.15, 0.2) is 51.7 Å². The van der Waals surface area contributed by atoms with E-state index in [0.717, 1.165) is 6.07 Å². The molecule has 14 nitrogen and oxygen atoms in total. The lowest BCUT2D eigenvalue weighted by molar-refractivity contribution is -0.354. The van der Waals surface area contributed by atoms with Gasteiger partial charge in [0.15, 0.2) is 17.8 Å². The number of fused-ring (bicyclic) bond motifs is 1. The van der Waals surface area contributed by atoms with Crippen molar-refractivity contribution < 1.29 is 63.8 Å². The van der Waals surface area contributed by atoms with Gasteiger partial charge in [0.05, 0.1) is 19.8 Å². The molecule has 14 heteroatoms. The molecule has 2 aliphatic heterocycles. The molecule has 0 unspecified atom stereocenters. The second-order valence-corrected chi connectivity index (χ2v) is 10.1. The van der Waals surface area contributed by atoms with Crippen molar-refractivity contribution in [3.8, 4) is 28.6 Å². The third-order valence-electron chi connectivity index (χ3n) is 7.33. The largest absolute Gasteiger partial charge is 0.507 e. The van der Waals surface area contributed by atoms with Crippen molar-refractivity contribution in [1.82, 2.24) is 0 Å². The van der Waals surface area contributed by atoms with Crippen molar-refractivity contribution in [1.29, 1.82) is 0 Å². The number of rotatable bonds is 7. The smallest absolute Gasteiger partial charge is 0.229 e. The summed E-state index contributed by atoms with van der Waals surface area (Å²) in [7, 11) is 1.52. The van der Waals surface area contributed by atoms with Gasteiger partial charge < -0.3 is 63.8 Å². The molecule has 10 atom stereocenters. The molecule has 1 aromatic heterocycles. The van der Waals surface area contributed by atoms with Crippen molar-refractivity contribution in [3.05, 3.63) is 52.7 Å². The van der Waals surface area contributed by atoms with E-state index < -0.39 is 79.2 Å². The molecule has 3 heterocycles. The van der Waals surface area contributed by atoms with Crippen molar-refractivity contribution >= 4 is 11.0 Å². The maximum absolute atomic E-state index is 12.9. The average molecular weight is 593 g/mol. The molecule has 0 radical (unpaired) electrons. The molecule has 0 aliphatic carbocycles. The molecule has 7 N–H and O–H groups in total. The molecule has 3 aromatic rings. The highest BCUT2D eigenvalue weighted by atomic mass is 16.8. The van der Waals surface area contributed by atoms with Gasteiger partial charge in [-0.15, -0.1) is 0 Å². The van der Waals surface area contributed by atoms with Crippen LogP contribution in [-0.2, 0) is 14.2 Å². The van der Waals surface area contributed by atoms with Gasteiger partial charge in [-0.1, -0.05) is 0 Å². The number of aliphatic hydroxyl groups is 6. The second-order valence-electron chi connectivity index (χ2n) is 10.1. The van der Waals surface area contributed by atoms with Crippen LogP contribution in [0.25, 0.3) is 22.3 Å². The first kappa shape index (κ1) is 30.2. The van der Waals surface area contributed by atoms with Crippen molar-refractivity contribution in [2.24, 2.45) is 0 Å². The maximum Gasteiger partial charge on any atom is 0.229 e. The molecule has 2 saturated heterocycles. The lowest BCUT2D eigenvalue weighted by Gasteiger charge is -2.45. The van der Waals surface area contributed by atoms with E-state index in [-0.39, 0.29) is 22.5 Å². The van der Waals surface area contributed by atoms with E-state index >= 15 is 0 Å². The van der Waals surface area contributed by atoms with Gasteiger partial charge >= 0.3 is 0 Å². The van der Waals surface area contributed by atoms with Crippen LogP contribution >= 0.6 is 0 Å². The van der Waals surface area contributed by atoms with Crippen molar-refractivity contribution in [2.75, 3.05) is 13.7 Å². The van der Waals surface area contributed by atoms with E-state index in [0.29, 0.717) is 11.3 Å². The van der Waals surface area contributed by atoms with Crippen LogP contribution in [0.4, 0.5) is 0 Å². The summed E-state index contributed by atoms with van der Waals surface area (Å²) >= 11 is 0. The van der Waals surface area contributed by atoms with Gasteiger partial charge in [-0.25, -0.2) is 0 Å². The average Bonchev–Trinajstić information content (AvgIpc) is 2.97. The van der Waals surface area contributed by atoms with Gasteiger partial charge in [0.2, 0.25) is 6.29 Å². The molecule has 0 amide bonds. The minimum atomic E-state index is -1.75. The first-order chi connectivity index (χ1) is 20.0. The summed E-state index contributed by atoms with van der Waals surface area (Å²) in [5.41, 5.74) is -0.0218. The Bertz CT molecular complexity index is 1440. The van der Waals surface area contributed by atoms with Gasteiger partial charge in [0, 0.05) is 23.8 Å². The summed E-state index contributed by atoms with van der Waals surface area (Å²) in [4.78, 5) is 12.9. The molecule has 0 spiro atoms. The second kappa shape index (κ2) is 12.1. The van der Waals surface area contributed by atoms with Crippen LogP contribution in [0, 0.1) is 0 Å². The standard InChI is InChI=1S/C28H32O14/c1-11-21(32)23(34)25(36)27(38-11)42-26-24(35)22(33)19(10-29)41-28(26)39-14-7-15(30)20-16(31)9-17(40-18(20)8-14)12-3-5-13(37-2)6-4-12/h3-9,11,19,21-30,32-36H,10H2,1-2H3/t11-,19-,21+,22-,23-,24-,25-,26-,27+,28-/m1/s1. The highest BCUT2D eigenvalue weighted by molar-refractivity contribution is 5.86. The number of methoxy groups -OCH3 is 1. The first-order valence-corrected chi connectivity index (χ1v) is 13.1. The van der Waals surface area contributed by atoms with Crippen LogP contribution in [0.1, 0.15) is 6.92 Å². The van der Waals surface area contributed by atoms with Crippen LogP contribution in [-0.4, -0.2) is 111 Å². The minimum absolute atomic E-state index is 0.0483. The highest BCUT2D eigenvalue weighted by Crippen LogP contribution is 2.35. The Labute approximate surface area is 238 Å². The Morgan fingerprint density at radius 3 is 2.21 bits per heavy atom. The van der Waals surface area contributed by atoms with E-state index in [2.05, 4.69) is 0 Å². The van der Waals surface area contributed by atoms with E-state index in [9.17, 15) is 40.5 Å². The number of phenols is 1. The van der Waals surface area contributed by atoms with E-state index in [1.54, 1.807) is 24.3 Å². The molecule has 42 heavy (non-hydrogen) atoms. The molecule has 0 saturated carbocycles. The number of ether oxygens (including phenoxy) is 5. The molecule has 2 aromatic carbocycles. The molecule has 5 rings (SSSR count). The number of aromatic hydroxyl groups is 1. The quantitative estimate of drug-likeness (QED) is 0.179. The zero-order valence-corrected chi connectivity index (χ0v) is 22.5. The number of benzene rings is 2. The van der Waals surface area contributed by atoms with Gasteiger partial charge in [-0.2, -0.15) is 0 Å². The lowest BCUT2D eigenvalue weighted by atomic mass is 9.97. The number of aliphatic hydroxyl groups excluding tert-OH is 6. The normalized spacial score (nSPS) is 33.4. The first-order valence-electron chi connectivity index (χ1n) is 13.1. The van der Waals surface area contributed by atoms with Crippen LogP contribution in [0.3, 0.4) is 0 Å². The minimum Gasteiger partial charge on any atom is -0.507 e. The topological polar surface area (TPSA) is 218 Å². The third-order valence-corrected chi connectivity index (χ3v) is 7.33. The van der Waals surface area contributed by atoms with Crippen LogP contribution in [0.2, 0.25) is 0 Å². The molecule has 2 aliphatic rings. The van der Waals surface area contributed by atoms with Crippen LogP contribution in [0.5, 0.6) is 17.2 Å². The zero-order valence-electron chi connectivity index (χ0n) is 22.5. The third kappa shape index (κ3) is 5.68. The van der Waals surface area contributed by atoms with Crippen LogP contribution < -0.4 is 14.9 Å². The number of hydrogen-bond donors (Lipinski definition) is 7. The van der Waals surface area contributed by atoms with E-state index in [1.807, 2.05) is 0 Å². The lowest BCUT2D eigenvalue weighted by Crippen LogP contribution is -2.64. The Balaban J connectivity index is 1.47. The number of phenolic OH excluding ortho intramolecular Hbond substituents is 1. The van der Waals surface area contributed by atoms with Gasteiger partial charge in [-0.05, 0) is 31.2 Å². The van der Waals surface area contributed by atoms with E-state index in [1.165, 1.54) is 26.2 Å². The van der Waals surface area contributed by atoms with E-state index in [4.69, 9.17) is 28.1 Å². The molecular weight excluding hydrogens is 560 g/mol. The highest BCUT2D eigenvalue weighted by Gasteiger charge is 2.50. The summed E-state index contributed by atoms with van der Waals surface area (Å²) in [6.07, 6.45) is -15.2. The van der Waals surface area contributed by atoms with Crippen molar-refractivity contribution in [3.63, 3.8) is 0 Å². The fraction of sp³-hybridized carbons (Fsp3) is 0.464. The molecule has 0 bridgehead atoms. The fourth-order valence-electron chi connectivity index (χ4n) is 4.92. The summed E-state index contributed by atoms with van der Waals surface area (Å²) < 4.78 is 33.7. The predicted molar refractivity (Wildman–Crippen MR) is 142 cm³/mol. The fourth-order valence-corrected chi connectivity index (χ4v) is 4.92. The van der Waals surface area contributed by atoms with Gasteiger partial charge in [0.1, 0.15) is 70.6 Å². The Kier molecular flexibility index (Phi) is 8.71. The Hall–Kier alpha value is -3.31. The summed E-state index contributed by atoms with van der Waals surface area (Å²) in [6.45, 7) is 0.721. The van der Waals surface area contributed by atoms with Gasteiger partial charge in [-0.3, -0.25) is 4.79 Å². The van der Waals surface area contributed by atoms with Gasteiger partial charge in [0.25, 0.3) is 0 Å². The van der Waals surface area contributed by atoms with Crippen molar-refractivity contribution in [2.45, 2.75) is 68.3 Å². The zero-order chi connectivity index (χ0) is 30.3. The molecule has 228 valence electrons.